The van der Waals surface area contributed by atoms with Crippen molar-refractivity contribution < 1.29 is 73.8 Å². The van der Waals surface area contributed by atoms with Crippen molar-refractivity contribution in [2.24, 2.45) is 0 Å². The second-order valence-electron chi connectivity index (χ2n) is 0. The maximum Gasteiger partial charge on any atom is 0 e. The van der Waals surface area contributed by atoms with Crippen molar-refractivity contribution in [3.63, 3.8) is 0 Å². The summed E-state index contributed by atoms with van der Waals surface area (Å²) in [6, 6.07) is 0. The normalized spacial score (nSPS) is 0. The molecule has 0 atom stereocenters. The quantitative estimate of drug-likeness (QED) is 0.505. The van der Waals surface area contributed by atoms with Gasteiger partial charge in [-0.15, -0.1) is 0 Å². The Labute approximate surface area is 73.0 Å². The number of hydrogen-bond donors (Lipinski definition) is 0. The summed E-state index contributed by atoms with van der Waals surface area (Å²) in [4.78, 5) is 0. The van der Waals surface area contributed by atoms with Crippen LogP contribution in [0.4, 0.5) is 0 Å². The van der Waals surface area contributed by atoms with Crippen LogP contribution >= 0.6 is 0 Å². The van der Waals surface area contributed by atoms with Crippen molar-refractivity contribution in [1.82, 2.24) is 0 Å². The van der Waals surface area contributed by atoms with E-state index in [0.717, 1.165) is 0 Å². The third kappa shape index (κ3) is 8.85. The fraction of sp³-hybridized carbons (Fsp3) is 0. The minimum Gasteiger partial charge on any atom is 0 e. The van der Waals surface area contributed by atoms with E-state index in [-0.39, 0.29) is 73.8 Å². The Bertz CT molecular complexity index is 8.00. The van der Waals surface area contributed by atoms with E-state index in [2.05, 4.69) is 0 Å². The molecule has 2 radical (unpaired) electrons. The van der Waals surface area contributed by atoms with Gasteiger partial charge in [-0.05, 0) is 0 Å². The average molecular weight is 221 g/mol. The summed E-state index contributed by atoms with van der Waals surface area (Å²) in [6.45, 7) is 0. The Balaban J connectivity index is 0. The molecule has 0 spiro atoms. The first kappa shape index (κ1) is 33.3. The van der Waals surface area contributed by atoms with Crippen LogP contribution in [0.1, 0.15) is 0 Å². The van der Waals surface area contributed by atoms with Gasteiger partial charge in [-0.2, -0.15) is 0 Å². The van der Waals surface area contributed by atoms with Gasteiger partial charge in [0.25, 0.3) is 0 Å². The van der Waals surface area contributed by atoms with E-state index in [1.54, 1.807) is 0 Å². The standard InChI is InChI=1S/Cu.Ni.Ti.V. The van der Waals surface area contributed by atoms with Gasteiger partial charge < -0.3 is 0 Å². The molecule has 0 saturated heterocycles. The molecule has 0 nitrogen and oxygen atoms in total. The van der Waals surface area contributed by atoms with E-state index in [9.17, 15) is 0 Å². The molecule has 0 aliphatic carbocycles. The van der Waals surface area contributed by atoms with Crippen molar-refractivity contribution in [3.8, 4) is 0 Å². The van der Waals surface area contributed by atoms with Crippen molar-refractivity contribution in [2.75, 3.05) is 0 Å². The Morgan fingerprint density at radius 3 is 1.00 bits per heavy atom. The maximum absolute atomic E-state index is 0. The molecule has 0 fully saturated rings. The van der Waals surface area contributed by atoms with Crippen molar-refractivity contribution in [1.29, 1.82) is 0 Å². The van der Waals surface area contributed by atoms with Gasteiger partial charge in [0.05, 0.1) is 0 Å². The fourth-order valence-electron chi connectivity index (χ4n) is 0. The smallest absolute Gasteiger partial charge is 0 e. The SMILES string of the molecule is [Cu].[Ni].[Ti].[V]. The predicted octanol–water partition coefficient (Wildman–Crippen LogP) is -0.0100. The van der Waals surface area contributed by atoms with Crippen molar-refractivity contribution in [2.45, 2.75) is 0 Å². The topological polar surface area (TPSA) is 0 Å². The second-order valence-corrected chi connectivity index (χ2v) is 0. The minimum atomic E-state index is 0. The van der Waals surface area contributed by atoms with Gasteiger partial charge in [0.15, 0.2) is 0 Å². The number of hydrogen-bond acceptors (Lipinski definition) is 0. The molecule has 0 aromatic carbocycles. The summed E-state index contributed by atoms with van der Waals surface area (Å²) in [6.07, 6.45) is 0. The third-order valence-corrected chi connectivity index (χ3v) is 0. The van der Waals surface area contributed by atoms with E-state index < -0.39 is 0 Å². The van der Waals surface area contributed by atoms with Crippen LogP contribution < -0.4 is 0 Å². The summed E-state index contributed by atoms with van der Waals surface area (Å²) in [7, 11) is 0. The predicted molar refractivity (Wildman–Crippen MR) is 0 cm³/mol. The molecular weight excluding hydrogens is 221 g/mol. The van der Waals surface area contributed by atoms with Crippen molar-refractivity contribution >= 4 is 0 Å². The summed E-state index contributed by atoms with van der Waals surface area (Å²) >= 11 is 0. The summed E-state index contributed by atoms with van der Waals surface area (Å²) < 4.78 is 0. The Hall–Kier alpha value is 2.31. The zero-order valence-electron chi connectivity index (χ0n) is 1.56. The van der Waals surface area contributed by atoms with Crippen LogP contribution in [0.2, 0.25) is 0 Å². The second kappa shape index (κ2) is 18.5. The molecule has 4 heteroatoms. The monoisotopic (exact) mass is 220 g/mol. The first-order valence-corrected chi connectivity index (χ1v) is 0. The summed E-state index contributed by atoms with van der Waals surface area (Å²) in [5.74, 6) is 0. The van der Waals surface area contributed by atoms with E-state index in [0.29, 0.717) is 0 Å². The molecule has 0 N–H and O–H groups in total. The first-order valence-electron chi connectivity index (χ1n) is 0. The maximum atomic E-state index is 0. The minimum absolute atomic E-state index is 0. The molecule has 0 aliphatic heterocycles. The van der Waals surface area contributed by atoms with Crippen LogP contribution in [0.25, 0.3) is 0 Å². The van der Waals surface area contributed by atoms with Crippen LogP contribution in [-0.2, 0) is 73.8 Å². The first-order chi connectivity index (χ1) is 0. The van der Waals surface area contributed by atoms with Crippen LogP contribution in [0.15, 0.2) is 0 Å². The van der Waals surface area contributed by atoms with Gasteiger partial charge in [0.1, 0.15) is 0 Å². The molecule has 0 saturated carbocycles. The molecule has 0 unspecified atom stereocenters. The Kier molecular flexibility index (Phi) is 154. The van der Waals surface area contributed by atoms with Gasteiger partial charge in [-0.3, -0.25) is 0 Å². The van der Waals surface area contributed by atoms with E-state index in [1.807, 2.05) is 0 Å². The van der Waals surface area contributed by atoms with E-state index in [1.165, 1.54) is 0 Å². The van der Waals surface area contributed by atoms with Gasteiger partial charge >= 0.3 is 0 Å². The molecule has 0 heterocycles. The van der Waals surface area contributed by atoms with E-state index >= 15 is 0 Å². The van der Waals surface area contributed by atoms with Crippen LogP contribution in [0, 0.1) is 0 Å². The summed E-state index contributed by atoms with van der Waals surface area (Å²) in [5, 5.41) is 0. The number of rotatable bonds is 0. The Morgan fingerprint density at radius 2 is 1.00 bits per heavy atom. The molecule has 0 amide bonds. The molecule has 0 bridgehead atoms. The largest absolute Gasteiger partial charge is 0 e. The molecule has 4 heavy (non-hydrogen) atoms. The molecule has 0 aromatic rings. The Morgan fingerprint density at radius 1 is 1.00 bits per heavy atom. The van der Waals surface area contributed by atoms with Crippen LogP contribution in [0.5, 0.6) is 0 Å². The molecular formula is CuNiTiV. The summed E-state index contributed by atoms with van der Waals surface area (Å²) in [5.41, 5.74) is 0. The van der Waals surface area contributed by atoms with Gasteiger partial charge in [0, 0.05) is 73.8 Å². The van der Waals surface area contributed by atoms with Crippen LogP contribution in [-0.4, -0.2) is 0 Å². The van der Waals surface area contributed by atoms with Gasteiger partial charge in [-0.1, -0.05) is 0 Å². The van der Waals surface area contributed by atoms with Gasteiger partial charge in [-0.25, -0.2) is 0 Å². The molecule has 0 rings (SSSR count). The zero-order valence-corrected chi connectivity index (χ0v) is 6.45. The fourth-order valence-corrected chi connectivity index (χ4v) is 0. The average Bonchev–Trinajstić information content (AvgIpc) is 0. The van der Waals surface area contributed by atoms with Crippen LogP contribution in [0.3, 0.4) is 0 Å². The molecule has 0 aromatic heterocycles. The molecule has 30 valence electrons. The zero-order chi connectivity index (χ0) is 0. The van der Waals surface area contributed by atoms with Gasteiger partial charge in [0.2, 0.25) is 0 Å². The van der Waals surface area contributed by atoms with E-state index in [4.69, 9.17) is 0 Å². The van der Waals surface area contributed by atoms with Crippen molar-refractivity contribution in [3.05, 3.63) is 0 Å². The third-order valence-electron chi connectivity index (χ3n) is 0. The molecule has 0 aliphatic rings.